The third-order valence-electron chi connectivity index (χ3n) is 11.3. The van der Waals surface area contributed by atoms with Crippen molar-refractivity contribution < 1.29 is 0 Å². The molecule has 0 atom stereocenters. The Kier molecular flexibility index (Phi) is 6.76. The van der Waals surface area contributed by atoms with E-state index in [-0.39, 0.29) is 0 Å². The van der Waals surface area contributed by atoms with Crippen LogP contribution in [0.3, 0.4) is 0 Å². The lowest BCUT2D eigenvalue weighted by Crippen LogP contribution is -2.06. The Bertz CT molecular complexity index is 3460. The zero-order valence-electron chi connectivity index (χ0n) is 30.0. The smallest absolute Gasteiger partial charge is 0.238 e. The van der Waals surface area contributed by atoms with Crippen LogP contribution in [0.2, 0.25) is 0 Å². The fraction of sp³-hybridized carbons (Fsp3) is 0. The number of nitrogens with zero attached hydrogens (tertiary/aromatic N) is 4. The molecule has 0 aliphatic carbocycles. The van der Waals surface area contributed by atoms with Gasteiger partial charge in [0.05, 0.1) is 11.0 Å². The molecule has 0 N–H and O–H groups in total. The van der Waals surface area contributed by atoms with Gasteiger partial charge in [-0.25, -0.2) is 4.98 Å². The third-order valence-corrected chi connectivity index (χ3v) is 12.5. The van der Waals surface area contributed by atoms with Gasteiger partial charge < -0.3 is 0 Å². The van der Waals surface area contributed by atoms with Gasteiger partial charge in [-0.1, -0.05) is 158 Å². The Morgan fingerprint density at radius 3 is 1.59 bits per heavy atom. The number of fused-ring (bicyclic) bond motifs is 12. The van der Waals surface area contributed by atoms with E-state index < -0.39 is 0 Å². The SMILES string of the molecule is c1ccc(-c2nc(-c3cccc4sc5c(-c6ccc7c8ccccc8c8ccccc8c7c6)cccc5c34)nc(-n3c4ccccc4c4ccccc43)n2)cc1. The van der Waals surface area contributed by atoms with Gasteiger partial charge in [-0.15, -0.1) is 11.3 Å². The maximum atomic E-state index is 5.32. The van der Waals surface area contributed by atoms with E-state index in [1.807, 2.05) is 29.5 Å². The topological polar surface area (TPSA) is 43.6 Å². The summed E-state index contributed by atoms with van der Waals surface area (Å²) >= 11 is 1.83. The first-order valence-electron chi connectivity index (χ1n) is 18.9. The molecule has 3 heterocycles. The summed E-state index contributed by atoms with van der Waals surface area (Å²) in [5.41, 5.74) is 6.48. The first-order chi connectivity index (χ1) is 27.8. The van der Waals surface area contributed by atoms with Crippen LogP contribution in [-0.4, -0.2) is 19.5 Å². The zero-order chi connectivity index (χ0) is 36.7. The fourth-order valence-electron chi connectivity index (χ4n) is 8.78. The molecule has 0 fully saturated rings. The summed E-state index contributed by atoms with van der Waals surface area (Å²) in [7, 11) is 0. The number of rotatable bonds is 4. The average molecular weight is 731 g/mol. The Morgan fingerprint density at radius 2 is 0.893 bits per heavy atom. The third kappa shape index (κ3) is 4.62. The number of aromatic nitrogens is 4. The van der Waals surface area contributed by atoms with Crippen molar-refractivity contribution in [2.24, 2.45) is 0 Å². The largest absolute Gasteiger partial charge is 0.278 e. The van der Waals surface area contributed by atoms with Crippen LogP contribution in [0.25, 0.3) is 114 Å². The van der Waals surface area contributed by atoms with E-state index in [2.05, 4.69) is 168 Å². The lowest BCUT2D eigenvalue weighted by molar-refractivity contribution is 0.954. The van der Waals surface area contributed by atoms with Crippen LogP contribution in [0.5, 0.6) is 0 Å². The fourth-order valence-corrected chi connectivity index (χ4v) is 10.0. The van der Waals surface area contributed by atoms with E-state index in [4.69, 9.17) is 15.0 Å². The average Bonchev–Trinajstić information content (AvgIpc) is 3.83. The van der Waals surface area contributed by atoms with Crippen molar-refractivity contribution >= 4 is 85.6 Å². The lowest BCUT2D eigenvalue weighted by atomic mass is 9.92. The summed E-state index contributed by atoms with van der Waals surface area (Å²) < 4.78 is 4.63. The van der Waals surface area contributed by atoms with Crippen molar-refractivity contribution in [3.63, 3.8) is 0 Å². The predicted molar refractivity (Wildman–Crippen MR) is 236 cm³/mol. The van der Waals surface area contributed by atoms with Gasteiger partial charge in [0.25, 0.3) is 0 Å². The molecule has 3 aromatic heterocycles. The van der Waals surface area contributed by atoms with Crippen LogP contribution >= 0.6 is 11.3 Å². The molecule has 9 aromatic carbocycles. The molecule has 0 aliphatic rings. The van der Waals surface area contributed by atoms with Crippen LogP contribution < -0.4 is 0 Å². The highest BCUT2D eigenvalue weighted by atomic mass is 32.1. The van der Waals surface area contributed by atoms with Crippen molar-refractivity contribution in [2.45, 2.75) is 0 Å². The van der Waals surface area contributed by atoms with Crippen molar-refractivity contribution in [3.05, 3.63) is 182 Å². The van der Waals surface area contributed by atoms with E-state index >= 15 is 0 Å². The quantitative estimate of drug-likeness (QED) is 0.169. The number of hydrogen-bond donors (Lipinski definition) is 0. The Labute approximate surface area is 325 Å². The van der Waals surface area contributed by atoms with Crippen LogP contribution in [0, 0.1) is 0 Å². The highest BCUT2D eigenvalue weighted by molar-refractivity contribution is 7.26. The van der Waals surface area contributed by atoms with Crippen molar-refractivity contribution in [2.75, 3.05) is 0 Å². The first-order valence-corrected chi connectivity index (χ1v) is 19.7. The highest BCUT2D eigenvalue weighted by Crippen LogP contribution is 2.45. The summed E-state index contributed by atoms with van der Waals surface area (Å²) in [6.07, 6.45) is 0. The van der Waals surface area contributed by atoms with Crippen molar-refractivity contribution in [3.8, 4) is 39.9 Å². The van der Waals surface area contributed by atoms with Crippen LogP contribution in [0.4, 0.5) is 0 Å². The van der Waals surface area contributed by atoms with Gasteiger partial charge >= 0.3 is 0 Å². The molecule has 56 heavy (non-hydrogen) atoms. The van der Waals surface area contributed by atoms with Gasteiger partial charge in [-0.05, 0) is 67.7 Å². The van der Waals surface area contributed by atoms with Crippen molar-refractivity contribution in [1.82, 2.24) is 19.5 Å². The molecule has 0 amide bonds. The maximum Gasteiger partial charge on any atom is 0.238 e. The van der Waals surface area contributed by atoms with E-state index in [1.54, 1.807) is 0 Å². The van der Waals surface area contributed by atoms with Gasteiger partial charge in [-0.2, -0.15) is 9.97 Å². The summed E-state index contributed by atoms with van der Waals surface area (Å²) in [5, 5.41) is 12.4. The molecule has 0 unspecified atom stereocenters. The highest BCUT2D eigenvalue weighted by Gasteiger charge is 2.21. The second-order valence-electron chi connectivity index (χ2n) is 14.3. The van der Waals surface area contributed by atoms with Crippen LogP contribution in [-0.2, 0) is 0 Å². The standard InChI is InChI=1S/C51H30N4S/c1-2-14-31(15-3-1)49-52-50(54-51(53-49)55-44-25-10-8-20-39(44)40-21-9-11-26-45(40)55)42-24-13-27-46-47(42)41-23-12-22-33(48(41)56-46)32-28-29-38-36-18-5-4-16-34(36)35-17-6-7-19-37(35)43(38)30-32/h1-30H. The molecule has 0 saturated heterocycles. The Hall–Kier alpha value is -7.21. The van der Waals surface area contributed by atoms with E-state index in [0.29, 0.717) is 17.6 Å². The van der Waals surface area contributed by atoms with Crippen molar-refractivity contribution in [1.29, 1.82) is 0 Å². The summed E-state index contributed by atoms with van der Waals surface area (Å²) in [6, 6.07) is 64.9. The second-order valence-corrected chi connectivity index (χ2v) is 15.4. The molecule has 12 aromatic rings. The molecule has 260 valence electrons. The van der Waals surface area contributed by atoms with Gasteiger partial charge in [0.15, 0.2) is 11.6 Å². The predicted octanol–water partition coefficient (Wildman–Crippen LogP) is 13.8. The monoisotopic (exact) mass is 730 g/mol. The second kappa shape index (κ2) is 12.2. The number of hydrogen-bond acceptors (Lipinski definition) is 4. The summed E-state index contributed by atoms with van der Waals surface area (Å²) in [5.74, 6) is 1.88. The minimum absolute atomic E-state index is 0.597. The van der Waals surface area contributed by atoms with Gasteiger partial charge in [-0.3, -0.25) is 4.57 Å². The Morgan fingerprint density at radius 1 is 0.357 bits per heavy atom. The van der Waals surface area contributed by atoms with Gasteiger partial charge in [0, 0.05) is 42.1 Å². The van der Waals surface area contributed by atoms with Crippen LogP contribution in [0.1, 0.15) is 0 Å². The van der Waals surface area contributed by atoms with E-state index in [1.165, 1.54) is 69.0 Å². The minimum Gasteiger partial charge on any atom is -0.278 e. The van der Waals surface area contributed by atoms with E-state index in [9.17, 15) is 0 Å². The molecule has 0 spiro atoms. The normalized spacial score (nSPS) is 11.9. The minimum atomic E-state index is 0.597. The molecule has 0 saturated carbocycles. The first kappa shape index (κ1) is 31.2. The maximum absolute atomic E-state index is 5.32. The molecular weight excluding hydrogens is 701 g/mol. The molecule has 12 rings (SSSR count). The van der Waals surface area contributed by atoms with Crippen LogP contribution in [0.15, 0.2) is 182 Å². The Balaban J connectivity index is 1.10. The number of para-hydroxylation sites is 2. The number of thiophene rings is 1. The molecule has 0 bridgehead atoms. The molecule has 0 radical (unpaired) electrons. The summed E-state index contributed by atoms with van der Waals surface area (Å²) in [6.45, 7) is 0. The van der Waals surface area contributed by atoms with Gasteiger partial charge in [0.2, 0.25) is 5.95 Å². The molecule has 0 aliphatic heterocycles. The summed E-state index contributed by atoms with van der Waals surface area (Å²) in [4.78, 5) is 15.7. The molecule has 5 heteroatoms. The number of benzene rings is 9. The van der Waals surface area contributed by atoms with Gasteiger partial charge in [0.1, 0.15) is 0 Å². The van der Waals surface area contributed by atoms with E-state index in [0.717, 1.165) is 27.5 Å². The molecular formula is C51H30N4S. The molecule has 4 nitrogen and oxygen atoms in total. The zero-order valence-corrected chi connectivity index (χ0v) is 30.8. The lowest BCUT2D eigenvalue weighted by Gasteiger charge is -2.12.